The van der Waals surface area contributed by atoms with Crippen LogP contribution in [0.3, 0.4) is 0 Å². The third kappa shape index (κ3) is 5.20. The number of fused-ring (bicyclic) bond motifs is 1. The summed E-state index contributed by atoms with van der Waals surface area (Å²) in [6.45, 7) is 1.77. The van der Waals surface area contributed by atoms with Crippen LogP contribution >= 0.6 is 7.60 Å². The summed E-state index contributed by atoms with van der Waals surface area (Å²) in [6.07, 6.45) is 1.10. The molecule has 174 valence electrons. The van der Waals surface area contributed by atoms with Gasteiger partial charge < -0.3 is 29.6 Å². The topological polar surface area (TPSA) is 116 Å². The highest BCUT2D eigenvalue weighted by atomic mass is 31.2. The Kier molecular flexibility index (Phi) is 7.00. The van der Waals surface area contributed by atoms with Gasteiger partial charge in [-0.2, -0.15) is 0 Å². The molecule has 2 unspecified atom stereocenters. The fourth-order valence-electron chi connectivity index (χ4n) is 3.81. The highest BCUT2D eigenvalue weighted by Crippen LogP contribution is 2.60. The third-order valence-corrected chi connectivity index (χ3v) is 7.65. The summed E-state index contributed by atoms with van der Waals surface area (Å²) in [5, 5.41) is 12.8. The minimum Gasteiger partial charge on any atom is -0.489 e. The van der Waals surface area contributed by atoms with E-state index >= 15 is 0 Å². The summed E-state index contributed by atoms with van der Waals surface area (Å²) in [5.74, 6) is 0.224. The molecule has 0 amide bonds. The predicted molar refractivity (Wildman–Crippen MR) is 128 cm³/mol. The second-order valence-electron chi connectivity index (χ2n) is 7.81. The van der Waals surface area contributed by atoms with Crippen LogP contribution in [0.2, 0.25) is 0 Å². The average molecular weight is 469 g/mol. The van der Waals surface area contributed by atoms with Crippen LogP contribution in [0.5, 0.6) is 11.5 Å². The van der Waals surface area contributed by atoms with Gasteiger partial charge in [-0.1, -0.05) is 30.3 Å². The van der Waals surface area contributed by atoms with E-state index in [0.29, 0.717) is 16.9 Å². The van der Waals surface area contributed by atoms with Crippen LogP contribution < -0.4 is 20.5 Å². The second-order valence-corrected chi connectivity index (χ2v) is 10.1. The fourth-order valence-corrected chi connectivity index (χ4v) is 5.13. The first-order valence-corrected chi connectivity index (χ1v) is 12.3. The van der Waals surface area contributed by atoms with E-state index in [1.165, 1.54) is 14.2 Å². The highest BCUT2D eigenvalue weighted by Gasteiger charge is 2.38. The number of ether oxygens (including phenoxy) is 2. The SMILES string of the molecule is COP(=O)(OC)C(Oc1ccc2ccc(C(=N)N)cc2c1)c1ccc(OC2CCNC2)cc1. The number of rotatable bonds is 9. The van der Waals surface area contributed by atoms with Crippen LogP contribution in [0.25, 0.3) is 10.8 Å². The maximum atomic E-state index is 13.4. The zero-order chi connectivity index (χ0) is 23.4. The van der Waals surface area contributed by atoms with Gasteiger partial charge >= 0.3 is 7.60 Å². The summed E-state index contributed by atoms with van der Waals surface area (Å²) in [5.41, 5.74) is 6.87. The molecule has 1 saturated heterocycles. The minimum absolute atomic E-state index is 0.0138. The molecule has 0 spiro atoms. The molecule has 9 heteroatoms. The molecule has 4 rings (SSSR count). The van der Waals surface area contributed by atoms with Crippen molar-refractivity contribution in [2.24, 2.45) is 5.73 Å². The van der Waals surface area contributed by atoms with E-state index in [0.717, 1.165) is 36.0 Å². The lowest BCUT2D eigenvalue weighted by molar-refractivity contribution is 0.191. The Hall–Kier alpha value is -2.90. The Labute approximate surface area is 193 Å². The van der Waals surface area contributed by atoms with Crippen LogP contribution in [0, 0.1) is 5.41 Å². The maximum absolute atomic E-state index is 13.4. The van der Waals surface area contributed by atoms with Gasteiger partial charge in [0.1, 0.15) is 23.4 Å². The van der Waals surface area contributed by atoms with E-state index in [-0.39, 0.29) is 11.9 Å². The number of benzene rings is 3. The quantitative estimate of drug-likeness (QED) is 0.241. The van der Waals surface area contributed by atoms with E-state index in [1.54, 1.807) is 12.1 Å². The summed E-state index contributed by atoms with van der Waals surface area (Å²) < 4.78 is 36.1. The lowest BCUT2D eigenvalue weighted by Crippen LogP contribution is -2.19. The van der Waals surface area contributed by atoms with Crippen molar-refractivity contribution in [3.63, 3.8) is 0 Å². The van der Waals surface area contributed by atoms with Crippen molar-refractivity contribution in [1.82, 2.24) is 5.32 Å². The number of nitrogens with two attached hydrogens (primary N) is 1. The van der Waals surface area contributed by atoms with Crippen LogP contribution in [0.4, 0.5) is 0 Å². The molecular formula is C24H28N3O5P. The smallest absolute Gasteiger partial charge is 0.374 e. The number of hydrogen-bond donors (Lipinski definition) is 3. The molecule has 0 bridgehead atoms. The molecule has 2 atom stereocenters. The molecule has 1 aliphatic rings. The largest absolute Gasteiger partial charge is 0.489 e. The van der Waals surface area contributed by atoms with Crippen LogP contribution in [-0.4, -0.2) is 39.2 Å². The number of nitrogens with one attached hydrogen (secondary N) is 2. The molecule has 0 saturated carbocycles. The van der Waals surface area contributed by atoms with Crippen molar-refractivity contribution in [3.05, 3.63) is 71.8 Å². The Morgan fingerprint density at radius 2 is 1.73 bits per heavy atom. The molecule has 33 heavy (non-hydrogen) atoms. The van der Waals surface area contributed by atoms with Crippen molar-refractivity contribution in [2.45, 2.75) is 18.4 Å². The normalized spacial score (nSPS) is 17.1. The minimum atomic E-state index is -3.64. The first-order chi connectivity index (χ1) is 15.9. The van der Waals surface area contributed by atoms with Crippen molar-refractivity contribution < 1.29 is 23.1 Å². The van der Waals surface area contributed by atoms with Crippen LogP contribution in [0.1, 0.15) is 23.4 Å². The molecule has 1 fully saturated rings. The first kappa shape index (κ1) is 23.3. The lowest BCUT2D eigenvalue weighted by Gasteiger charge is -2.26. The molecule has 0 aliphatic carbocycles. The molecular weight excluding hydrogens is 441 g/mol. The van der Waals surface area contributed by atoms with Gasteiger partial charge in [0.15, 0.2) is 0 Å². The van der Waals surface area contributed by atoms with Crippen LogP contribution in [0.15, 0.2) is 60.7 Å². The van der Waals surface area contributed by atoms with Gasteiger partial charge in [0.05, 0.1) is 0 Å². The van der Waals surface area contributed by atoms with E-state index in [1.807, 2.05) is 48.5 Å². The Balaban J connectivity index is 1.63. The standard InChI is InChI=1S/C24H28N3O5P/c1-29-33(28,30-2)24(17-6-8-20(9-7-17)31-22-11-12-27-15-22)32-21-10-5-16-3-4-18(23(25)26)13-19(16)14-21/h3-10,13-14,22,24,27H,11-12,15H2,1-2H3,(H3,25,26). The first-order valence-electron chi connectivity index (χ1n) is 10.7. The van der Waals surface area contributed by atoms with E-state index < -0.39 is 13.4 Å². The van der Waals surface area contributed by atoms with Gasteiger partial charge in [-0.3, -0.25) is 9.97 Å². The highest BCUT2D eigenvalue weighted by molar-refractivity contribution is 7.54. The summed E-state index contributed by atoms with van der Waals surface area (Å²) >= 11 is 0. The van der Waals surface area contributed by atoms with Crippen LogP contribution in [-0.2, 0) is 13.6 Å². The average Bonchev–Trinajstić information content (AvgIpc) is 3.35. The molecule has 1 heterocycles. The third-order valence-electron chi connectivity index (χ3n) is 5.65. The number of nitrogen functional groups attached to an aromatic ring is 1. The zero-order valence-electron chi connectivity index (χ0n) is 18.6. The van der Waals surface area contributed by atoms with Crippen molar-refractivity contribution >= 4 is 24.2 Å². The van der Waals surface area contributed by atoms with Gasteiger partial charge in [0, 0.05) is 31.9 Å². The Bertz CT molecular complexity index is 1170. The fraction of sp³-hybridized carbons (Fsp3) is 0.292. The molecule has 4 N–H and O–H groups in total. The molecule has 8 nitrogen and oxygen atoms in total. The molecule has 0 aromatic heterocycles. The zero-order valence-corrected chi connectivity index (χ0v) is 19.5. The molecule has 1 aliphatic heterocycles. The lowest BCUT2D eigenvalue weighted by atomic mass is 10.1. The van der Waals surface area contributed by atoms with Crippen molar-refractivity contribution in [2.75, 3.05) is 27.3 Å². The van der Waals surface area contributed by atoms with Gasteiger partial charge in [-0.25, -0.2) is 0 Å². The van der Waals surface area contributed by atoms with Gasteiger partial charge in [-0.05, 0) is 54.1 Å². The monoisotopic (exact) mass is 469 g/mol. The van der Waals surface area contributed by atoms with Crippen molar-refractivity contribution in [3.8, 4) is 11.5 Å². The van der Waals surface area contributed by atoms with Gasteiger partial charge in [0.25, 0.3) is 0 Å². The molecule has 3 aromatic rings. The van der Waals surface area contributed by atoms with E-state index in [2.05, 4.69) is 5.32 Å². The van der Waals surface area contributed by atoms with Gasteiger partial charge in [-0.15, -0.1) is 0 Å². The predicted octanol–water partition coefficient (Wildman–Crippen LogP) is 4.43. The molecule has 0 radical (unpaired) electrons. The Morgan fingerprint density at radius 1 is 1.03 bits per heavy atom. The maximum Gasteiger partial charge on any atom is 0.374 e. The molecule has 3 aromatic carbocycles. The van der Waals surface area contributed by atoms with E-state index in [9.17, 15) is 4.57 Å². The number of hydrogen-bond acceptors (Lipinski definition) is 7. The second kappa shape index (κ2) is 9.93. The van der Waals surface area contributed by atoms with E-state index in [4.69, 9.17) is 29.7 Å². The summed E-state index contributed by atoms with van der Waals surface area (Å²) in [4.78, 5) is 0. The Morgan fingerprint density at radius 3 is 2.36 bits per heavy atom. The van der Waals surface area contributed by atoms with Gasteiger partial charge in [0.2, 0.25) is 5.85 Å². The van der Waals surface area contributed by atoms with Crippen molar-refractivity contribution in [1.29, 1.82) is 5.41 Å². The summed E-state index contributed by atoms with van der Waals surface area (Å²) in [7, 11) is -0.960. The summed E-state index contributed by atoms with van der Waals surface area (Å²) in [6, 6.07) is 18.3. The number of amidine groups is 1.